The minimum Gasteiger partial charge on any atom is -0.360 e. The zero-order valence-corrected chi connectivity index (χ0v) is 16.7. The minimum absolute atomic E-state index is 0.0410. The van der Waals surface area contributed by atoms with E-state index in [1.165, 1.54) is 6.07 Å². The Bertz CT molecular complexity index is 1160. The smallest absolute Gasteiger partial charge is 0.248 e. The summed E-state index contributed by atoms with van der Waals surface area (Å²) in [5.41, 5.74) is 1.86. The molecule has 1 aromatic carbocycles. The molecule has 1 aliphatic heterocycles. The topological polar surface area (TPSA) is 109 Å². The van der Waals surface area contributed by atoms with Gasteiger partial charge in [-0.2, -0.15) is 4.31 Å². The van der Waals surface area contributed by atoms with E-state index < -0.39 is 15.9 Å². The van der Waals surface area contributed by atoms with Crippen molar-refractivity contribution in [3.63, 3.8) is 0 Å². The molecule has 0 spiro atoms. The van der Waals surface area contributed by atoms with E-state index in [-0.39, 0.29) is 23.9 Å². The molecule has 9 nitrogen and oxygen atoms in total. The van der Waals surface area contributed by atoms with Gasteiger partial charge in [0.25, 0.3) is 0 Å². The first-order valence-electron chi connectivity index (χ1n) is 8.87. The van der Waals surface area contributed by atoms with Crippen LogP contribution in [0.15, 0.2) is 58.1 Å². The number of nitrogens with one attached hydrogen (secondary N) is 1. The van der Waals surface area contributed by atoms with Gasteiger partial charge in [-0.25, -0.2) is 13.4 Å². The number of aromatic nitrogens is 2. The van der Waals surface area contributed by atoms with E-state index in [0.29, 0.717) is 11.6 Å². The number of sulfonamides is 1. The molecule has 10 heteroatoms. The Morgan fingerprint density at radius 1 is 1.21 bits per heavy atom. The molecule has 0 radical (unpaired) electrons. The number of amides is 1. The monoisotopic (exact) mass is 413 g/mol. The van der Waals surface area contributed by atoms with Crippen LogP contribution >= 0.6 is 0 Å². The third-order valence-electron chi connectivity index (χ3n) is 4.48. The highest BCUT2D eigenvalue weighted by molar-refractivity contribution is 7.89. The summed E-state index contributed by atoms with van der Waals surface area (Å²) in [6.45, 7) is 3.26. The highest BCUT2D eigenvalue weighted by atomic mass is 32.2. The van der Waals surface area contributed by atoms with Crippen molar-refractivity contribution in [1.29, 1.82) is 0 Å². The molecule has 0 aliphatic carbocycles. The lowest BCUT2D eigenvalue weighted by atomic mass is 10.2. The highest BCUT2D eigenvalue weighted by Crippen LogP contribution is 2.35. The van der Waals surface area contributed by atoms with Crippen molar-refractivity contribution in [3.05, 3.63) is 60.0 Å². The number of rotatable bonds is 4. The fraction of sp³-hybridized carbons (Fsp3) is 0.211. The second kappa shape index (κ2) is 7.30. The SMILES string of the molecule is Cc1ccc(N2CN(CC(=O)Nc3cc(C)on3)S(=O)(=O)c3cccnc32)cc1. The Balaban J connectivity index is 1.66. The first kappa shape index (κ1) is 19.1. The predicted molar refractivity (Wildman–Crippen MR) is 106 cm³/mol. The van der Waals surface area contributed by atoms with Crippen LogP contribution in [0.4, 0.5) is 17.3 Å². The van der Waals surface area contributed by atoms with Crippen molar-refractivity contribution in [3.8, 4) is 0 Å². The average Bonchev–Trinajstić information content (AvgIpc) is 3.09. The first-order chi connectivity index (χ1) is 13.8. The molecule has 3 aromatic rings. The van der Waals surface area contributed by atoms with Gasteiger partial charge in [0, 0.05) is 18.0 Å². The van der Waals surface area contributed by atoms with Gasteiger partial charge in [0.1, 0.15) is 10.7 Å². The number of anilines is 3. The van der Waals surface area contributed by atoms with E-state index in [4.69, 9.17) is 4.52 Å². The maximum Gasteiger partial charge on any atom is 0.248 e. The lowest BCUT2D eigenvalue weighted by molar-refractivity contribution is -0.116. The molecule has 0 fully saturated rings. The van der Waals surface area contributed by atoms with Crippen molar-refractivity contribution in [2.45, 2.75) is 18.7 Å². The normalized spacial score (nSPS) is 15.7. The summed E-state index contributed by atoms with van der Waals surface area (Å²) in [7, 11) is -3.89. The van der Waals surface area contributed by atoms with Crippen LogP contribution in [0.3, 0.4) is 0 Å². The summed E-state index contributed by atoms with van der Waals surface area (Å²) in [6.07, 6.45) is 1.55. The van der Waals surface area contributed by atoms with E-state index in [0.717, 1.165) is 15.6 Å². The Morgan fingerprint density at radius 3 is 2.66 bits per heavy atom. The van der Waals surface area contributed by atoms with E-state index in [9.17, 15) is 13.2 Å². The van der Waals surface area contributed by atoms with Crippen LogP contribution in [0.1, 0.15) is 11.3 Å². The fourth-order valence-electron chi connectivity index (χ4n) is 3.06. The maximum absolute atomic E-state index is 13.1. The van der Waals surface area contributed by atoms with E-state index in [1.807, 2.05) is 31.2 Å². The molecule has 4 rings (SSSR count). The van der Waals surface area contributed by atoms with Crippen LogP contribution in [0, 0.1) is 13.8 Å². The molecule has 3 heterocycles. The number of hydrogen-bond acceptors (Lipinski definition) is 7. The third kappa shape index (κ3) is 3.71. The summed E-state index contributed by atoms with van der Waals surface area (Å²) in [4.78, 5) is 18.5. The molecule has 0 saturated carbocycles. The molecular weight excluding hydrogens is 394 g/mol. The van der Waals surface area contributed by atoms with Gasteiger partial charge in [-0.1, -0.05) is 22.9 Å². The average molecular weight is 413 g/mol. The summed E-state index contributed by atoms with van der Waals surface area (Å²) in [5.74, 6) is 0.592. The van der Waals surface area contributed by atoms with Crippen molar-refractivity contribution < 1.29 is 17.7 Å². The summed E-state index contributed by atoms with van der Waals surface area (Å²) >= 11 is 0. The van der Waals surface area contributed by atoms with Crippen LogP contribution in [0.2, 0.25) is 0 Å². The summed E-state index contributed by atoms with van der Waals surface area (Å²) in [6, 6.07) is 12.3. The second-order valence-electron chi connectivity index (χ2n) is 6.72. The molecule has 150 valence electrons. The van der Waals surface area contributed by atoms with Crippen LogP contribution < -0.4 is 10.2 Å². The van der Waals surface area contributed by atoms with Crippen LogP contribution in [0.25, 0.3) is 0 Å². The van der Waals surface area contributed by atoms with Gasteiger partial charge in [0.05, 0.1) is 13.2 Å². The molecule has 1 aliphatic rings. The number of hydrogen-bond donors (Lipinski definition) is 1. The fourth-order valence-corrected chi connectivity index (χ4v) is 4.53. The maximum atomic E-state index is 13.1. The quantitative estimate of drug-likeness (QED) is 0.700. The number of benzene rings is 1. The van der Waals surface area contributed by atoms with Crippen LogP contribution in [0.5, 0.6) is 0 Å². The number of carbonyl (C=O) groups is 1. The molecule has 0 bridgehead atoms. The van der Waals surface area contributed by atoms with Gasteiger partial charge in [0.15, 0.2) is 11.6 Å². The molecule has 0 unspecified atom stereocenters. The number of carbonyl (C=O) groups excluding carboxylic acids is 1. The van der Waals surface area contributed by atoms with Gasteiger partial charge in [0.2, 0.25) is 15.9 Å². The third-order valence-corrected chi connectivity index (χ3v) is 6.28. The molecule has 2 aromatic heterocycles. The van der Waals surface area contributed by atoms with Crippen LogP contribution in [-0.2, 0) is 14.8 Å². The predicted octanol–water partition coefficient (Wildman–Crippen LogP) is 2.43. The number of nitrogens with zero attached hydrogens (tertiary/aromatic N) is 4. The van der Waals surface area contributed by atoms with Gasteiger partial charge in [-0.3, -0.25) is 4.79 Å². The summed E-state index contributed by atoms with van der Waals surface area (Å²) in [5, 5.41) is 6.25. The van der Waals surface area contributed by atoms with E-state index >= 15 is 0 Å². The highest BCUT2D eigenvalue weighted by Gasteiger charge is 2.38. The van der Waals surface area contributed by atoms with Gasteiger partial charge in [-0.05, 0) is 38.1 Å². The van der Waals surface area contributed by atoms with Gasteiger partial charge < -0.3 is 14.7 Å². The Labute approximate surface area is 168 Å². The molecule has 0 saturated heterocycles. The Hall–Kier alpha value is -3.24. The van der Waals surface area contributed by atoms with Crippen LogP contribution in [-0.4, -0.2) is 42.0 Å². The van der Waals surface area contributed by atoms with E-state index in [1.54, 1.807) is 30.2 Å². The number of pyridine rings is 1. The number of aryl methyl sites for hydroxylation is 2. The molecule has 0 atom stereocenters. The summed E-state index contributed by atoms with van der Waals surface area (Å²) < 4.78 is 32.2. The van der Waals surface area contributed by atoms with Crippen molar-refractivity contribution in [2.24, 2.45) is 0 Å². The number of fused-ring (bicyclic) bond motifs is 1. The Kier molecular flexibility index (Phi) is 4.81. The standard InChI is InChI=1S/C19H19N5O4S/c1-13-5-7-15(8-6-13)24-12-23(11-18(25)21-17-10-14(2)28-22-17)29(26,27)16-4-3-9-20-19(16)24/h3-10H,11-12H2,1-2H3,(H,21,22,25). The second-order valence-corrected chi connectivity index (χ2v) is 8.62. The largest absolute Gasteiger partial charge is 0.360 e. The molecule has 29 heavy (non-hydrogen) atoms. The lowest BCUT2D eigenvalue weighted by Crippen LogP contribution is -2.47. The zero-order valence-electron chi connectivity index (χ0n) is 15.9. The lowest BCUT2D eigenvalue weighted by Gasteiger charge is -2.36. The molecule has 1 amide bonds. The van der Waals surface area contributed by atoms with Crippen molar-refractivity contribution in [1.82, 2.24) is 14.4 Å². The molecular formula is C19H19N5O4S. The van der Waals surface area contributed by atoms with Gasteiger partial charge >= 0.3 is 0 Å². The van der Waals surface area contributed by atoms with Crippen molar-refractivity contribution >= 4 is 33.3 Å². The molecule has 1 N–H and O–H groups in total. The Morgan fingerprint density at radius 2 is 1.97 bits per heavy atom. The van der Waals surface area contributed by atoms with Gasteiger partial charge in [-0.15, -0.1) is 0 Å². The van der Waals surface area contributed by atoms with E-state index in [2.05, 4.69) is 15.5 Å². The minimum atomic E-state index is -3.89. The zero-order chi connectivity index (χ0) is 20.6. The van der Waals surface area contributed by atoms with Crippen molar-refractivity contribution in [2.75, 3.05) is 23.4 Å². The first-order valence-corrected chi connectivity index (χ1v) is 10.3.